The summed E-state index contributed by atoms with van der Waals surface area (Å²) in [6.45, 7) is 6.25. The third kappa shape index (κ3) is 7.51. The van der Waals surface area contributed by atoms with Crippen molar-refractivity contribution in [3.8, 4) is 0 Å². The average molecular weight is 545 g/mol. The second kappa shape index (κ2) is 14.0. The van der Waals surface area contributed by atoms with Gasteiger partial charge in [-0.2, -0.15) is 0 Å². The van der Waals surface area contributed by atoms with Crippen molar-refractivity contribution in [1.29, 1.82) is 0 Å². The molecule has 3 aromatic carbocycles. The number of unbranched alkanes of at least 4 members (excludes halogenated alkanes) is 1. The summed E-state index contributed by atoms with van der Waals surface area (Å²) >= 11 is 0. The van der Waals surface area contributed by atoms with Crippen LogP contribution in [0, 0.1) is 0 Å². The molecule has 4 aromatic rings. The van der Waals surface area contributed by atoms with Gasteiger partial charge in [0.2, 0.25) is 0 Å². The Kier molecular flexibility index (Phi) is 9.54. The normalized spacial score (nSPS) is 18.3. The molecule has 0 saturated carbocycles. The Morgan fingerprint density at radius 2 is 1.37 bits per heavy atom. The molecule has 2 atom stereocenters. The zero-order valence-corrected chi connectivity index (χ0v) is 24.3. The van der Waals surface area contributed by atoms with E-state index in [-0.39, 0.29) is 0 Å². The molecule has 212 valence electrons. The average Bonchev–Trinajstić information content (AvgIpc) is 3.03. The van der Waals surface area contributed by atoms with Gasteiger partial charge in [0.05, 0.1) is 11.7 Å². The summed E-state index contributed by atoms with van der Waals surface area (Å²) in [6.07, 6.45) is 9.12. The number of benzene rings is 3. The van der Waals surface area contributed by atoms with Gasteiger partial charge in [-0.05, 0) is 85.5 Å². The maximum absolute atomic E-state index is 4.93. The highest BCUT2D eigenvalue weighted by atomic mass is 15.2. The lowest BCUT2D eigenvalue weighted by molar-refractivity contribution is 0.147. The Hall–Kier alpha value is -3.31. The molecular formula is C37H44N4. The highest BCUT2D eigenvalue weighted by Crippen LogP contribution is 2.33. The topological polar surface area (TPSA) is 31.4 Å². The number of aromatic nitrogens is 1. The van der Waals surface area contributed by atoms with Gasteiger partial charge in [-0.3, -0.25) is 14.8 Å². The van der Waals surface area contributed by atoms with E-state index in [1.54, 1.807) is 0 Å². The van der Waals surface area contributed by atoms with Crippen LogP contribution in [0.2, 0.25) is 0 Å². The lowest BCUT2D eigenvalue weighted by atomic mass is 9.89. The van der Waals surface area contributed by atoms with E-state index in [1.165, 1.54) is 59.2 Å². The largest absolute Gasteiger partial charge is 0.308 e. The fraction of sp³-hybridized carbons (Fsp3) is 0.378. The molecule has 1 aliphatic heterocycles. The molecule has 1 aliphatic carbocycles. The van der Waals surface area contributed by atoms with E-state index in [0.29, 0.717) is 12.1 Å². The van der Waals surface area contributed by atoms with Crippen LogP contribution in [0.15, 0.2) is 103 Å². The molecule has 6 rings (SSSR count). The number of fused-ring (bicyclic) bond motifs is 2. The molecule has 0 amide bonds. The van der Waals surface area contributed by atoms with Crippen LogP contribution < -0.4 is 5.32 Å². The van der Waals surface area contributed by atoms with Crippen molar-refractivity contribution >= 4 is 0 Å². The minimum Gasteiger partial charge on any atom is -0.308 e. The number of nitrogens with one attached hydrogen (secondary N) is 1. The SMILES string of the molecule is c1ccc(CN(CCCCN(C[C@H]2Cc3ccccc3CN2)[C@H]2CCCc3cccnc32)Cc2ccccc2)cc1. The molecule has 0 fully saturated rings. The monoisotopic (exact) mass is 544 g/mol. The van der Waals surface area contributed by atoms with Crippen molar-refractivity contribution in [2.24, 2.45) is 0 Å². The molecule has 1 N–H and O–H groups in total. The standard InChI is InChI=1S/C37H44N4/c1-3-13-30(14-4-1)27-40(28-31-15-5-2-6-16-31)23-9-10-24-41(36-21-11-19-32-20-12-22-38-37(32)36)29-35-25-33-17-7-8-18-34(33)26-39-35/h1-8,12-18,20,22,35-36,39H,9-11,19,21,23-29H2/t35-,36+/m1/s1. The summed E-state index contributed by atoms with van der Waals surface area (Å²) in [5.41, 5.74) is 8.52. The third-order valence-corrected chi connectivity index (χ3v) is 8.89. The zero-order valence-electron chi connectivity index (χ0n) is 24.3. The summed E-state index contributed by atoms with van der Waals surface area (Å²) in [4.78, 5) is 10.3. The van der Waals surface area contributed by atoms with Crippen molar-refractivity contribution in [1.82, 2.24) is 20.1 Å². The van der Waals surface area contributed by atoms with Crippen molar-refractivity contribution < 1.29 is 0 Å². The van der Waals surface area contributed by atoms with Gasteiger partial charge in [0.25, 0.3) is 0 Å². The van der Waals surface area contributed by atoms with Crippen molar-refractivity contribution in [2.45, 2.75) is 70.2 Å². The summed E-state index contributed by atoms with van der Waals surface area (Å²) < 4.78 is 0. The highest BCUT2D eigenvalue weighted by Gasteiger charge is 2.29. The molecule has 4 nitrogen and oxygen atoms in total. The summed E-state index contributed by atoms with van der Waals surface area (Å²) in [5, 5.41) is 3.86. The van der Waals surface area contributed by atoms with Gasteiger partial charge in [0.1, 0.15) is 0 Å². The minimum atomic E-state index is 0.420. The van der Waals surface area contributed by atoms with Crippen molar-refractivity contribution in [3.63, 3.8) is 0 Å². The van der Waals surface area contributed by atoms with Crippen LogP contribution in [-0.2, 0) is 32.5 Å². The first-order chi connectivity index (χ1) is 20.3. The predicted octanol–water partition coefficient (Wildman–Crippen LogP) is 6.96. The minimum absolute atomic E-state index is 0.420. The number of rotatable bonds is 12. The number of nitrogens with zero attached hydrogens (tertiary/aromatic N) is 3. The smallest absolute Gasteiger partial charge is 0.0607 e. The van der Waals surface area contributed by atoms with Crippen LogP contribution in [0.25, 0.3) is 0 Å². The zero-order chi connectivity index (χ0) is 27.7. The lowest BCUT2D eigenvalue weighted by Crippen LogP contribution is -2.46. The van der Waals surface area contributed by atoms with Crippen LogP contribution >= 0.6 is 0 Å². The van der Waals surface area contributed by atoms with Gasteiger partial charge >= 0.3 is 0 Å². The van der Waals surface area contributed by atoms with Crippen molar-refractivity contribution in [2.75, 3.05) is 19.6 Å². The summed E-state index contributed by atoms with van der Waals surface area (Å²) in [6, 6.07) is 36.1. The van der Waals surface area contributed by atoms with Gasteiger partial charge in [0.15, 0.2) is 0 Å². The Balaban J connectivity index is 1.12. The van der Waals surface area contributed by atoms with E-state index in [1.807, 2.05) is 6.20 Å². The van der Waals surface area contributed by atoms with E-state index in [4.69, 9.17) is 4.98 Å². The molecule has 1 aromatic heterocycles. The van der Waals surface area contributed by atoms with Gasteiger partial charge < -0.3 is 5.32 Å². The van der Waals surface area contributed by atoms with Gasteiger partial charge in [-0.15, -0.1) is 0 Å². The molecule has 0 unspecified atom stereocenters. The number of aryl methyl sites for hydroxylation is 1. The van der Waals surface area contributed by atoms with Gasteiger partial charge in [-0.1, -0.05) is 91.0 Å². The second-order valence-corrected chi connectivity index (χ2v) is 11.9. The van der Waals surface area contributed by atoms with Crippen LogP contribution in [0.3, 0.4) is 0 Å². The maximum Gasteiger partial charge on any atom is 0.0607 e. The third-order valence-electron chi connectivity index (χ3n) is 8.89. The summed E-state index contributed by atoms with van der Waals surface area (Å²) in [7, 11) is 0. The molecule has 2 heterocycles. The Bertz CT molecular complexity index is 1310. The van der Waals surface area contributed by atoms with E-state index in [2.05, 4.69) is 112 Å². The Morgan fingerprint density at radius 1 is 0.707 bits per heavy atom. The first kappa shape index (κ1) is 27.8. The van der Waals surface area contributed by atoms with Gasteiger partial charge in [-0.25, -0.2) is 0 Å². The molecular weight excluding hydrogens is 500 g/mol. The molecule has 2 aliphatic rings. The Morgan fingerprint density at radius 3 is 2.12 bits per heavy atom. The van der Waals surface area contributed by atoms with Gasteiger partial charge in [0, 0.05) is 38.4 Å². The van der Waals surface area contributed by atoms with Crippen LogP contribution in [0.1, 0.15) is 65.2 Å². The van der Waals surface area contributed by atoms with E-state index in [9.17, 15) is 0 Å². The van der Waals surface area contributed by atoms with E-state index < -0.39 is 0 Å². The summed E-state index contributed by atoms with van der Waals surface area (Å²) in [5.74, 6) is 0. The molecule has 0 bridgehead atoms. The van der Waals surface area contributed by atoms with E-state index >= 15 is 0 Å². The van der Waals surface area contributed by atoms with E-state index in [0.717, 1.165) is 52.1 Å². The number of pyridine rings is 1. The molecule has 0 radical (unpaired) electrons. The number of hydrogen-bond donors (Lipinski definition) is 1. The first-order valence-corrected chi connectivity index (χ1v) is 15.6. The second-order valence-electron chi connectivity index (χ2n) is 11.9. The fourth-order valence-electron chi connectivity index (χ4n) is 6.80. The highest BCUT2D eigenvalue weighted by molar-refractivity contribution is 5.30. The van der Waals surface area contributed by atoms with Crippen LogP contribution in [0.5, 0.6) is 0 Å². The molecule has 0 saturated heterocycles. The number of hydrogen-bond acceptors (Lipinski definition) is 4. The van der Waals surface area contributed by atoms with Crippen LogP contribution in [0.4, 0.5) is 0 Å². The maximum atomic E-state index is 4.93. The lowest BCUT2D eigenvalue weighted by Gasteiger charge is -2.38. The Labute approximate surface area is 246 Å². The van der Waals surface area contributed by atoms with Crippen LogP contribution in [-0.4, -0.2) is 40.5 Å². The predicted molar refractivity (Wildman–Crippen MR) is 168 cm³/mol. The van der Waals surface area contributed by atoms with Crippen molar-refractivity contribution in [3.05, 3.63) is 137 Å². The molecule has 0 spiro atoms. The first-order valence-electron chi connectivity index (χ1n) is 15.6. The molecule has 4 heteroatoms. The fourth-order valence-corrected chi connectivity index (χ4v) is 6.80. The molecule has 41 heavy (non-hydrogen) atoms. The quantitative estimate of drug-likeness (QED) is 0.195.